The smallest absolute Gasteiger partial charge is 0.315 e. The first-order valence-corrected chi connectivity index (χ1v) is 36.1. The first-order chi connectivity index (χ1) is 53.9. The van der Waals surface area contributed by atoms with Crippen LogP contribution in [-0.2, 0) is 27.1 Å². The number of morpholine rings is 3. The predicted molar refractivity (Wildman–Crippen MR) is 403 cm³/mol. The van der Waals surface area contributed by atoms with E-state index in [1.807, 2.05) is 12.8 Å². The number of aryl methyl sites for hydroxylation is 2. The molecule has 0 saturated carbocycles. The molecule has 9 N–H and O–H groups in total. The summed E-state index contributed by atoms with van der Waals surface area (Å²) in [6, 6.07) is 20.0. The van der Waals surface area contributed by atoms with Crippen molar-refractivity contribution in [2.45, 2.75) is 47.0 Å². The molecule has 0 radical (unpaired) electrons. The van der Waals surface area contributed by atoms with Crippen LogP contribution in [0.3, 0.4) is 0 Å². The zero-order chi connectivity index (χ0) is 79.4. The molecule has 25 nitrogen and oxygen atoms in total. The van der Waals surface area contributed by atoms with Crippen LogP contribution in [0.2, 0.25) is 0 Å². The highest BCUT2D eigenvalue weighted by Gasteiger charge is 2.26. The summed E-state index contributed by atoms with van der Waals surface area (Å²) >= 11 is 0. The van der Waals surface area contributed by atoms with Crippen LogP contribution >= 0.6 is 0 Å². The van der Waals surface area contributed by atoms with Crippen LogP contribution < -0.4 is 31.9 Å². The van der Waals surface area contributed by atoms with Gasteiger partial charge >= 0.3 is 18.0 Å². The van der Waals surface area contributed by atoms with E-state index in [9.17, 15) is 39.5 Å². The van der Waals surface area contributed by atoms with Gasteiger partial charge in [0.25, 0.3) is 17.7 Å². The molecule has 0 spiro atoms. The summed E-state index contributed by atoms with van der Waals surface area (Å²) in [4.78, 5) is 9.07. The molecule has 3 aliphatic rings. The van der Waals surface area contributed by atoms with E-state index in [1.165, 1.54) is 74.2 Å². The Balaban J connectivity index is 0.000000195. The SMILES string of the molecule is C#CCO.CCN(CC)CC.CCc1ccc(Nc2c(-c3nnc(NCCN4CCOCC4)o3)ccc(F)c2F)c(F)c1.OCC#Cc1ccc(Nc2c(-c3nnc(NCCN4CCOCC4)o3)ccc(F)c2F)c(F)c1.OCCCc1ccc(Nc2c(-c3nnc(NCCN4CCOCC4)o3)ccc(F)c2F)c(F)c1. The van der Waals surface area contributed by atoms with Crippen LogP contribution in [0.1, 0.15) is 50.8 Å². The fraction of sp³-hybridized carbons (Fsp3) is 0.403. The average Bonchev–Trinajstić information content (AvgIpc) is 1.80. The summed E-state index contributed by atoms with van der Waals surface area (Å²) in [5.41, 5.74) is 0.992. The van der Waals surface area contributed by atoms with Crippen molar-refractivity contribution in [1.29, 1.82) is 0 Å². The minimum atomic E-state index is -1.22. The topological polar surface area (TPSA) is 290 Å². The number of rotatable bonds is 28. The number of halogens is 9. The first kappa shape index (κ1) is 86.2. The summed E-state index contributed by atoms with van der Waals surface area (Å²) in [6.07, 6.45) is 6.17. The number of aliphatic hydroxyl groups is 3. The van der Waals surface area contributed by atoms with Gasteiger partial charge in [0.1, 0.15) is 30.7 Å². The van der Waals surface area contributed by atoms with E-state index in [1.54, 1.807) is 12.1 Å². The Morgan fingerprint density at radius 2 is 0.793 bits per heavy atom. The molecule has 3 fully saturated rings. The van der Waals surface area contributed by atoms with Gasteiger partial charge in [-0.3, -0.25) is 14.7 Å². The first-order valence-electron chi connectivity index (χ1n) is 36.1. The summed E-state index contributed by atoms with van der Waals surface area (Å²) in [5, 5.41) is 65.8. The van der Waals surface area contributed by atoms with Crippen LogP contribution in [0.5, 0.6) is 0 Å². The van der Waals surface area contributed by atoms with Gasteiger partial charge in [-0.25, -0.2) is 39.5 Å². The van der Waals surface area contributed by atoms with E-state index in [0.717, 1.165) is 88.7 Å². The average molecular weight is 1560 g/mol. The van der Waals surface area contributed by atoms with Crippen LogP contribution in [-0.4, -0.2) is 223 Å². The Kier molecular flexibility index (Phi) is 35.5. The Bertz CT molecular complexity index is 4460. The Hall–Kier alpha value is -10.4. The number of nitrogens with one attached hydrogen (secondary N) is 6. The van der Waals surface area contributed by atoms with E-state index < -0.39 is 52.4 Å². The third-order valence-corrected chi connectivity index (χ3v) is 17.3. The molecule has 3 aromatic heterocycles. The number of aromatic nitrogens is 6. The lowest BCUT2D eigenvalue weighted by Gasteiger charge is -2.26. The largest absolute Gasteiger partial charge is 0.403 e. The lowest BCUT2D eigenvalue weighted by atomic mass is 10.1. The lowest BCUT2D eigenvalue weighted by molar-refractivity contribution is 0.0397. The molecule has 0 unspecified atom stereocenters. The highest BCUT2D eigenvalue weighted by Crippen LogP contribution is 2.38. The maximum Gasteiger partial charge on any atom is 0.315 e. The zero-order valence-electron chi connectivity index (χ0n) is 62.0. The minimum absolute atomic E-state index is 0.00622. The zero-order valence-corrected chi connectivity index (χ0v) is 62.0. The molecule has 596 valence electrons. The van der Waals surface area contributed by atoms with Gasteiger partial charge in [0.15, 0.2) is 34.9 Å². The second-order valence-electron chi connectivity index (χ2n) is 24.6. The van der Waals surface area contributed by atoms with Crippen molar-refractivity contribution in [2.75, 3.05) is 190 Å². The maximum atomic E-state index is 14.7. The third kappa shape index (κ3) is 26.4. The quantitative estimate of drug-likeness (QED) is 0.0163. The van der Waals surface area contributed by atoms with E-state index in [-0.39, 0.29) is 106 Å². The standard InChI is InChI=1S/C23H26F3N5O3.C23H22F3N5O3.C22H24F3N5O2.C6H15N.C3H4O/c2*24-17-5-4-16(22-29-30-23(34-22)27-7-8-31-9-12-33-13-10-31)21(20(17)26)28-19-6-3-15(2-1-11-32)14-18(19)25;1-2-14-3-6-18(17(24)13-14)27-20-15(4-5-16(23)19(20)25)21-28-29-22(32-21)26-7-8-30-9-11-31-12-10-30;1-4-7(5-2)6-3;1-2-3-4/h3-6,14,28,32H,1-2,7-13H2,(H,27,30);3-6,14,28,32H,7-13H2,(H,27,30);3-6,13,27H,2,7-12H2,1H3,(H,26,29);4-6H2,1-3H3;1,4H,3H2. The van der Waals surface area contributed by atoms with Crippen LogP contribution in [0.25, 0.3) is 34.4 Å². The van der Waals surface area contributed by atoms with Crippen LogP contribution in [0.4, 0.5) is 91.7 Å². The van der Waals surface area contributed by atoms with Crippen molar-refractivity contribution >= 4 is 52.2 Å². The highest BCUT2D eigenvalue weighted by molar-refractivity contribution is 5.80. The molecule has 111 heavy (non-hydrogen) atoms. The number of aliphatic hydroxyl groups excluding tert-OH is 3. The second-order valence-corrected chi connectivity index (χ2v) is 24.6. The van der Waals surface area contributed by atoms with Gasteiger partial charge in [0.2, 0.25) is 0 Å². The Morgan fingerprint density at radius 1 is 0.441 bits per heavy atom. The molecule has 0 aliphatic carbocycles. The summed E-state index contributed by atoms with van der Waals surface area (Å²) in [6.45, 7) is 24.7. The third-order valence-electron chi connectivity index (χ3n) is 17.3. The van der Waals surface area contributed by atoms with Gasteiger partial charge < -0.3 is 79.6 Å². The molecule has 34 heteroatoms. The van der Waals surface area contributed by atoms with Crippen molar-refractivity contribution < 1.29 is 82.3 Å². The number of anilines is 9. The monoisotopic (exact) mass is 1550 g/mol. The molecule has 12 rings (SSSR count). The fourth-order valence-electron chi connectivity index (χ4n) is 11.1. The predicted octanol–water partition coefficient (Wildman–Crippen LogP) is 11.7. The van der Waals surface area contributed by atoms with Crippen LogP contribution in [0.15, 0.2) is 104 Å². The van der Waals surface area contributed by atoms with Gasteiger partial charge in [-0.05, 0) is 129 Å². The molecule has 6 aromatic carbocycles. The van der Waals surface area contributed by atoms with E-state index in [0.29, 0.717) is 89.7 Å². The van der Waals surface area contributed by atoms with Gasteiger partial charge in [-0.2, -0.15) is 0 Å². The van der Waals surface area contributed by atoms with E-state index >= 15 is 0 Å². The molecular weight excluding hydrogens is 1460 g/mol. The van der Waals surface area contributed by atoms with Gasteiger partial charge in [0, 0.05) is 90.7 Å². The van der Waals surface area contributed by atoms with Crippen molar-refractivity contribution in [2.24, 2.45) is 0 Å². The molecule has 0 atom stereocenters. The molecule has 0 amide bonds. The van der Waals surface area contributed by atoms with Gasteiger partial charge in [-0.1, -0.05) is 72.9 Å². The molecule has 0 bridgehead atoms. The van der Waals surface area contributed by atoms with Gasteiger partial charge in [0.05, 0.1) is 90.5 Å². The number of ether oxygens (including phenoxy) is 3. The van der Waals surface area contributed by atoms with Crippen molar-refractivity contribution in [3.8, 4) is 58.5 Å². The number of hydrogen-bond donors (Lipinski definition) is 9. The highest BCUT2D eigenvalue weighted by atomic mass is 19.2. The fourth-order valence-corrected chi connectivity index (χ4v) is 11.1. The van der Waals surface area contributed by atoms with E-state index in [2.05, 4.69) is 121 Å². The molecule has 3 aliphatic heterocycles. The normalized spacial score (nSPS) is 13.7. The number of nitrogens with zero attached hydrogens (tertiary/aromatic N) is 10. The van der Waals surface area contributed by atoms with Crippen molar-refractivity contribution in [3.05, 3.63) is 160 Å². The van der Waals surface area contributed by atoms with Crippen molar-refractivity contribution in [1.82, 2.24) is 50.2 Å². The van der Waals surface area contributed by atoms with Gasteiger partial charge in [-0.15, -0.1) is 21.7 Å². The van der Waals surface area contributed by atoms with Crippen molar-refractivity contribution in [3.63, 3.8) is 0 Å². The molecular formula is C77H91F9N16O9. The maximum absolute atomic E-state index is 14.7. The Morgan fingerprint density at radius 3 is 1.11 bits per heavy atom. The Labute approximate surface area is 637 Å². The number of hydrogen-bond acceptors (Lipinski definition) is 25. The summed E-state index contributed by atoms with van der Waals surface area (Å²) in [5.74, 6) is -2.00. The number of terminal acetylenes is 1. The second kappa shape index (κ2) is 45.7. The van der Waals surface area contributed by atoms with E-state index in [4.69, 9.17) is 42.8 Å². The molecule has 9 aromatic rings. The van der Waals surface area contributed by atoms with Crippen LogP contribution in [0, 0.1) is 76.5 Å². The summed E-state index contributed by atoms with van der Waals surface area (Å²) < 4.78 is 162. The number of benzene rings is 6. The molecule has 3 saturated heterocycles. The molecule has 6 heterocycles. The minimum Gasteiger partial charge on any atom is -0.403 e. The lowest BCUT2D eigenvalue weighted by Crippen LogP contribution is -2.39. The summed E-state index contributed by atoms with van der Waals surface area (Å²) in [7, 11) is 0.